The summed E-state index contributed by atoms with van der Waals surface area (Å²) in [6.45, 7) is 1.64. The Balaban J connectivity index is 2.18. The highest BCUT2D eigenvalue weighted by Gasteiger charge is 2.27. The van der Waals surface area contributed by atoms with E-state index in [2.05, 4.69) is 4.99 Å². The summed E-state index contributed by atoms with van der Waals surface area (Å²) in [5, 5.41) is 1.41. The Hall–Kier alpha value is -0.840. The average Bonchev–Trinajstić information content (AvgIpc) is 2.47. The van der Waals surface area contributed by atoms with Crippen LogP contribution >= 0.6 is 0 Å². The Kier molecular flexibility index (Phi) is 2.11. The SMILES string of the molecule is O=S1(=O)C=CN=C1N1CCCCC1. The zero-order valence-corrected chi connectivity index (χ0v) is 8.13. The van der Waals surface area contributed by atoms with Gasteiger partial charge in [-0.25, -0.2) is 13.4 Å². The van der Waals surface area contributed by atoms with Crippen molar-refractivity contribution in [2.75, 3.05) is 13.1 Å². The lowest BCUT2D eigenvalue weighted by atomic mass is 10.1. The van der Waals surface area contributed by atoms with E-state index in [4.69, 9.17) is 0 Å². The van der Waals surface area contributed by atoms with Gasteiger partial charge in [0.15, 0.2) is 0 Å². The van der Waals surface area contributed by atoms with E-state index < -0.39 is 9.84 Å². The summed E-state index contributed by atoms with van der Waals surface area (Å²) < 4.78 is 22.8. The summed E-state index contributed by atoms with van der Waals surface area (Å²) in [7, 11) is -3.19. The number of nitrogens with zero attached hydrogens (tertiary/aromatic N) is 2. The minimum Gasteiger partial charge on any atom is -0.347 e. The van der Waals surface area contributed by atoms with Crippen molar-refractivity contribution in [2.45, 2.75) is 19.3 Å². The number of hydrogen-bond acceptors (Lipinski definition) is 4. The van der Waals surface area contributed by atoms with Crippen LogP contribution in [-0.4, -0.2) is 31.6 Å². The monoisotopic (exact) mass is 200 g/mol. The lowest BCUT2D eigenvalue weighted by Gasteiger charge is -2.27. The van der Waals surface area contributed by atoms with Gasteiger partial charge < -0.3 is 4.90 Å². The first-order chi connectivity index (χ1) is 6.20. The number of sulfone groups is 1. The summed E-state index contributed by atoms with van der Waals surface area (Å²) in [6.07, 6.45) is 4.68. The van der Waals surface area contributed by atoms with Gasteiger partial charge in [-0.2, -0.15) is 0 Å². The summed E-state index contributed by atoms with van der Waals surface area (Å²) in [6, 6.07) is 0. The van der Waals surface area contributed by atoms with Gasteiger partial charge in [0.1, 0.15) is 0 Å². The molecular weight excluding hydrogens is 188 g/mol. The second-order valence-electron chi connectivity index (χ2n) is 3.29. The molecule has 0 spiro atoms. The van der Waals surface area contributed by atoms with Crippen LogP contribution in [0.4, 0.5) is 0 Å². The zero-order valence-electron chi connectivity index (χ0n) is 7.31. The highest BCUT2D eigenvalue weighted by atomic mass is 32.2. The number of hydrogen-bond donors (Lipinski definition) is 0. The van der Waals surface area contributed by atoms with Gasteiger partial charge >= 0.3 is 0 Å². The van der Waals surface area contributed by atoms with E-state index in [1.165, 1.54) is 12.6 Å². The molecule has 1 fully saturated rings. The summed E-state index contributed by atoms with van der Waals surface area (Å²) in [5.41, 5.74) is 0. The number of amidine groups is 1. The Bertz CT molecular complexity index is 350. The van der Waals surface area contributed by atoms with E-state index in [1.54, 1.807) is 0 Å². The van der Waals surface area contributed by atoms with Gasteiger partial charge in [0.25, 0.3) is 0 Å². The maximum atomic E-state index is 11.4. The van der Waals surface area contributed by atoms with Crippen molar-refractivity contribution in [2.24, 2.45) is 4.99 Å². The van der Waals surface area contributed by atoms with E-state index in [0.29, 0.717) is 0 Å². The van der Waals surface area contributed by atoms with Gasteiger partial charge in [0.2, 0.25) is 15.0 Å². The highest BCUT2D eigenvalue weighted by Crippen LogP contribution is 2.16. The van der Waals surface area contributed by atoms with E-state index in [1.807, 2.05) is 4.90 Å². The average molecular weight is 200 g/mol. The molecule has 0 atom stereocenters. The second kappa shape index (κ2) is 3.14. The third-order valence-corrected chi connectivity index (χ3v) is 3.66. The van der Waals surface area contributed by atoms with Crippen LogP contribution < -0.4 is 0 Å². The molecule has 1 saturated heterocycles. The molecule has 2 rings (SSSR count). The normalized spacial score (nSPS) is 26.2. The van der Waals surface area contributed by atoms with Crippen LogP contribution in [0.1, 0.15) is 19.3 Å². The molecule has 72 valence electrons. The van der Waals surface area contributed by atoms with Crippen molar-refractivity contribution in [1.29, 1.82) is 0 Å². The molecule has 0 bridgehead atoms. The Labute approximate surface area is 77.9 Å². The van der Waals surface area contributed by atoms with Gasteiger partial charge in [-0.1, -0.05) is 0 Å². The summed E-state index contributed by atoms with van der Waals surface area (Å²) in [4.78, 5) is 5.75. The van der Waals surface area contributed by atoms with Crippen LogP contribution in [0.3, 0.4) is 0 Å². The van der Waals surface area contributed by atoms with Crippen LogP contribution in [0.2, 0.25) is 0 Å². The molecule has 0 aromatic carbocycles. The quantitative estimate of drug-likeness (QED) is 0.579. The van der Waals surface area contributed by atoms with Gasteiger partial charge in [-0.15, -0.1) is 0 Å². The second-order valence-corrected chi connectivity index (χ2v) is 5.02. The summed E-state index contributed by atoms with van der Waals surface area (Å²) in [5.74, 6) is 0. The zero-order chi connectivity index (χ0) is 9.31. The largest absolute Gasteiger partial charge is 0.347 e. The maximum Gasteiger partial charge on any atom is 0.234 e. The number of piperidine rings is 1. The number of likely N-dealkylation sites (tertiary alicyclic amines) is 1. The minimum absolute atomic E-state index is 0.243. The van der Waals surface area contributed by atoms with E-state index in [9.17, 15) is 8.42 Å². The first-order valence-corrected chi connectivity index (χ1v) is 5.99. The van der Waals surface area contributed by atoms with Crippen LogP contribution in [0.5, 0.6) is 0 Å². The fraction of sp³-hybridized carbons (Fsp3) is 0.625. The van der Waals surface area contributed by atoms with Crippen molar-refractivity contribution in [3.05, 3.63) is 11.6 Å². The number of rotatable bonds is 0. The smallest absolute Gasteiger partial charge is 0.234 e. The Morgan fingerprint density at radius 1 is 1.23 bits per heavy atom. The molecule has 4 nitrogen and oxygen atoms in total. The molecule has 0 aromatic heterocycles. The first-order valence-electron chi connectivity index (χ1n) is 4.44. The van der Waals surface area contributed by atoms with Crippen molar-refractivity contribution in [1.82, 2.24) is 4.90 Å². The molecule has 0 amide bonds. The molecule has 2 aliphatic rings. The van der Waals surface area contributed by atoms with Crippen LogP contribution in [0.25, 0.3) is 0 Å². The van der Waals surface area contributed by atoms with Crippen molar-refractivity contribution in [3.8, 4) is 0 Å². The molecule has 0 radical (unpaired) electrons. The van der Waals surface area contributed by atoms with Crippen LogP contribution in [0, 0.1) is 0 Å². The lowest BCUT2D eigenvalue weighted by molar-refractivity contribution is 0.346. The number of aliphatic imine (C=N–C) groups is 1. The maximum absolute atomic E-state index is 11.4. The fourth-order valence-electron chi connectivity index (χ4n) is 1.66. The van der Waals surface area contributed by atoms with Crippen LogP contribution in [0.15, 0.2) is 16.6 Å². The molecule has 0 unspecified atom stereocenters. The van der Waals surface area contributed by atoms with Gasteiger partial charge in [0.05, 0.1) is 5.41 Å². The summed E-state index contributed by atoms with van der Waals surface area (Å²) >= 11 is 0. The predicted molar refractivity (Wildman–Crippen MR) is 50.9 cm³/mol. The molecular formula is C8H12N2O2S. The topological polar surface area (TPSA) is 49.7 Å². The Morgan fingerprint density at radius 3 is 2.46 bits per heavy atom. The molecule has 2 aliphatic heterocycles. The first kappa shape index (κ1) is 8.74. The lowest BCUT2D eigenvalue weighted by Crippen LogP contribution is -2.38. The Morgan fingerprint density at radius 2 is 1.92 bits per heavy atom. The third-order valence-electron chi connectivity index (χ3n) is 2.31. The fourth-order valence-corrected chi connectivity index (χ4v) is 2.75. The molecule has 0 N–H and O–H groups in total. The van der Waals surface area contributed by atoms with Crippen molar-refractivity contribution < 1.29 is 8.42 Å². The molecule has 2 heterocycles. The van der Waals surface area contributed by atoms with Gasteiger partial charge in [-0.3, -0.25) is 0 Å². The molecule has 0 aliphatic carbocycles. The molecule has 5 heteroatoms. The molecule has 0 aromatic rings. The van der Waals surface area contributed by atoms with E-state index >= 15 is 0 Å². The standard InChI is InChI=1S/C8H12N2O2S/c11-13(12)7-4-9-8(13)10-5-2-1-3-6-10/h4,7H,1-3,5-6H2. The van der Waals surface area contributed by atoms with Gasteiger partial charge in [0, 0.05) is 19.3 Å². The molecule has 0 saturated carbocycles. The van der Waals surface area contributed by atoms with E-state index in [0.717, 1.165) is 31.3 Å². The minimum atomic E-state index is -3.19. The van der Waals surface area contributed by atoms with Crippen molar-refractivity contribution in [3.63, 3.8) is 0 Å². The highest BCUT2D eigenvalue weighted by molar-refractivity contribution is 8.09. The van der Waals surface area contributed by atoms with Crippen LogP contribution in [-0.2, 0) is 9.84 Å². The van der Waals surface area contributed by atoms with Gasteiger partial charge in [-0.05, 0) is 19.3 Å². The van der Waals surface area contributed by atoms with Crippen molar-refractivity contribution >= 4 is 15.0 Å². The third kappa shape index (κ3) is 1.60. The molecule has 13 heavy (non-hydrogen) atoms. The predicted octanol–water partition coefficient (Wildman–Crippen LogP) is 0.728. The van der Waals surface area contributed by atoms with E-state index in [-0.39, 0.29) is 5.17 Å².